The van der Waals surface area contributed by atoms with Gasteiger partial charge in [-0.3, -0.25) is 0 Å². The van der Waals surface area contributed by atoms with Crippen LogP contribution in [0, 0.1) is 5.92 Å². The molecule has 3 rings (SSSR count). The predicted octanol–water partition coefficient (Wildman–Crippen LogP) is 1.11. The predicted molar refractivity (Wildman–Crippen MR) is 74.6 cm³/mol. The van der Waals surface area contributed by atoms with Crippen LogP contribution < -0.4 is 4.74 Å². The molecule has 1 saturated heterocycles. The van der Waals surface area contributed by atoms with E-state index in [1.165, 1.54) is 0 Å². The molecule has 1 fully saturated rings. The monoisotopic (exact) mass is 295 g/mol. The molecule has 0 aromatic carbocycles. The quantitative estimate of drug-likeness (QED) is 0.848. The van der Waals surface area contributed by atoms with E-state index in [1.807, 2.05) is 18.3 Å². The molecule has 0 atom stereocenters. The Kier molecular flexibility index (Phi) is 3.37. The summed E-state index contributed by atoms with van der Waals surface area (Å²) in [5.41, 5.74) is 0.753. The molecule has 108 valence electrons. The summed E-state index contributed by atoms with van der Waals surface area (Å²) in [6.07, 6.45) is 3.97. The molecule has 2 aromatic heterocycles. The minimum Gasteiger partial charge on any atom is -0.497 e. The van der Waals surface area contributed by atoms with Crippen LogP contribution in [0.3, 0.4) is 0 Å². The molecule has 1 aliphatic heterocycles. The van der Waals surface area contributed by atoms with Crippen molar-refractivity contribution in [1.29, 1.82) is 0 Å². The van der Waals surface area contributed by atoms with Gasteiger partial charge in [-0.05, 0) is 24.8 Å². The first-order valence-corrected chi connectivity index (χ1v) is 8.47. The first kappa shape index (κ1) is 13.4. The molecule has 0 aliphatic carbocycles. The smallest absolute Gasteiger partial charge is 0.159 e. The van der Waals surface area contributed by atoms with E-state index in [4.69, 9.17) is 4.74 Å². The highest BCUT2D eigenvalue weighted by atomic mass is 32.2. The van der Waals surface area contributed by atoms with Crippen molar-refractivity contribution < 1.29 is 13.2 Å². The molecular weight excluding hydrogens is 278 g/mol. The Morgan fingerprint density at radius 2 is 2.15 bits per heavy atom. The molecule has 7 heteroatoms. The molecule has 3 heterocycles. The summed E-state index contributed by atoms with van der Waals surface area (Å²) in [6.45, 7) is 0. The van der Waals surface area contributed by atoms with Crippen LogP contribution >= 0.6 is 0 Å². The standard InChI is InChI=1S/C13H17N3O3S/c1-19-11-2-5-16-13(9-11)14-12(15-16)8-10-3-6-20(17,18)7-4-10/h2,5,9-10H,3-4,6-8H2,1H3. The minimum absolute atomic E-state index is 0.291. The zero-order valence-corrected chi connectivity index (χ0v) is 12.1. The molecular formula is C13H17N3O3S. The normalized spacial score (nSPS) is 19.2. The van der Waals surface area contributed by atoms with E-state index >= 15 is 0 Å². The molecule has 1 aliphatic rings. The molecule has 0 radical (unpaired) electrons. The average molecular weight is 295 g/mol. The van der Waals surface area contributed by atoms with Crippen LogP contribution in [0.15, 0.2) is 18.3 Å². The molecule has 0 N–H and O–H groups in total. The summed E-state index contributed by atoms with van der Waals surface area (Å²) in [6, 6.07) is 3.67. The summed E-state index contributed by atoms with van der Waals surface area (Å²) in [5.74, 6) is 2.46. The van der Waals surface area contributed by atoms with Crippen molar-refractivity contribution in [3.63, 3.8) is 0 Å². The Bertz CT molecular complexity index is 710. The second-order valence-electron chi connectivity index (χ2n) is 5.20. The lowest BCUT2D eigenvalue weighted by atomic mass is 9.99. The fourth-order valence-electron chi connectivity index (χ4n) is 2.52. The van der Waals surface area contributed by atoms with Crippen LogP contribution in [0.25, 0.3) is 5.65 Å². The van der Waals surface area contributed by atoms with Crippen molar-refractivity contribution in [1.82, 2.24) is 14.6 Å². The summed E-state index contributed by atoms with van der Waals surface area (Å²) in [5, 5.41) is 4.42. The van der Waals surface area contributed by atoms with Gasteiger partial charge in [0.05, 0.1) is 18.6 Å². The molecule has 20 heavy (non-hydrogen) atoms. The van der Waals surface area contributed by atoms with Gasteiger partial charge in [-0.25, -0.2) is 17.9 Å². The van der Waals surface area contributed by atoms with Gasteiger partial charge in [-0.15, -0.1) is 0 Å². The lowest BCUT2D eigenvalue weighted by molar-refractivity contribution is 0.414. The Labute approximate surface area is 117 Å². The minimum atomic E-state index is -2.80. The number of fused-ring (bicyclic) bond motifs is 1. The molecule has 0 spiro atoms. The topological polar surface area (TPSA) is 73.6 Å². The zero-order valence-electron chi connectivity index (χ0n) is 11.3. The SMILES string of the molecule is COc1ccn2nc(CC3CCS(=O)(=O)CC3)nc2c1. The largest absolute Gasteiger partial charge is 0.497 e. The number of pyridine rings is 1. The first-order valence-electron chi connectivity index (χ1n) is 6.65. The van der Waals surface area contributed by atoms with Crippen molar-refractivity contribution in [3.8, 4) is 5.75 Å². The molecule has 6 nitrogen and oxygen atoms in total. The van der Waals surface area contributed by atoms with E-state index in [0.29, 0.717) is 30.3 Å². The summed E-state index contributed by atoms with van der Waals surface area (Å²) < 4.78 is 29.7. The summed E-state index contributed by atoms with van der Waals surface area (Å²) in [4.78, 5) is 4.47. The van der Waals surface area contributed by atoms with Gasteiger partial charge in [0.2, 0.25) is 0 Å². The molecule has 0 unspecified atom stereocenters. The second-order valence-corrected chi connectivity index (χ2v) is 7.50. The maximum atomic E-state index is 11.4. The van der Waals surface area contributed by atoms with Crippen molar-refractivity contribution in [2.45, 2.75) is 19.3 Å². The van der Waals surface area contributed by atoms with Crippen molar-refractivity contribution >= 4 is 15.5 Å². The van der Waals surface area contributed by atoms with Crippen LogP contribution in [0.4, 0.5) is 0 Å². The number of hydrogen-bond donors (Lipinski definition) is 0. The van der Waals surface area contributed by atoms with E-state index in [1.54, 1.807) is 11.6 Å². The summed E-state index contributed by atoms with van der Waals surface area (Å²) in [7, 11) is -1.19. The molecule has 0 amide bonds. The Hall–Kier alpha value is -1.63. The maximum absolute atomic E-state index is 11.4. The number of nitrogens with zero attached hydrogens (tertiary/aromatic N) is 3. The highest BCUT2D eigenvalue weighted by molar-refractivity contribution is 7.91. The van der Waals surface area contributed by atoms with Gasteiger partial charge >= 0.3 is 0 Å². The van der Waals surface area contributed by atoms with Gasteiger partial charge in [0, 0.05) is 18.7 Å². The first-order chi connectivity index (χ1) is 9.55. The molecule has 0 saturated carbocycles. The van der Waals surface area contributed by atoms with Gasteiger partial charge in [0.25, 0.3) is 0 Å². The van der Waals surface area contributed by atoms with Crippen LogP contribution in [-0.2, 0) is 16.3 Å². The van der Waals surface area contributed by atoms with E-state index < -0.39 is 9.84 Å². The van der Waals surface area contributed by atoms with Crippen LogP contribution in [0.1, 0.15) is 18.7 Å². The second kappa shape index (κ2) is 5.05. The van der Waals surface area contributed by atoms with Gasteiger partial charge in [-0.1, -0.05) is 0 Å². The number of aromatic nitrogens is 3. The number of hydrogen-bond acceptors (Lipinski definition) is 5. The van der Waals surface area contributed by atoms with E-state index in [-0.39, 0.29) is 0 Å². The molecule has 2 aromatic rings. The van der Waals surface area contributed by atoms with Crippen molar-refractivity contribution in [2.75, 3.05) is 18.6 Å². The summed E-state index contributed by atoms with van der Waals surface area (Å²) >= 11 is 0. The van der Waals surface area contributed by atoms with Crippen molar-refractivity contribution in [2.24, 2.45) is 5.92 Å². The Morgan fingerprint density at radius 1 is 1.40 bits per heavy atom. The number of methoxy groups -OCH3 is 1. The van der Waals surface area contributed by atoms with Crippen LogP contribution in [0.5, 0.6) is 5.75 Å². The Morgan fingerprint density at radius 3 is 2.85 bits per heavy atom. The van der Waals surface area contributed by atoms with Gasteiger partial charge in [0.1, 0.15) is 15.6 Å². The highest BCUT2D eigenvalue weighted by Crippen LogP contribution is 2.22. The van der Waals surface area contributed by atoms with E-state index in [2.05, 4.69) is 10.1 Å². The average Bonchev–Trinajstić information content (AvgIpc) is 2.82. The zero-order chi connectivity index (χ0) is 14.2. The number of rotatable bonds is 3. The van der Waals surface area contributed by atoms with Gasteiger partial charge < -0.3 is 4.74 Å². The lowest BCUT2D eigenvalue weighted by Crippen LogP contribution is -2.24. The lowest BCUT2D eigenvalue weighted by Gasteiger charge is -2.20. The third-order valence-corrected chi connectivity index (χ3v) is 5.45. The number of ether oxygens (including phenoxy) is 1. The van der Waals surface area contributed by atoms with E-state index in [9.17, 15) is 8.42 Å². The van der Waals surface area contributed by atoms with Crippen LogP contribution in [0.2, 0.25) is 0 Å². The van der Waals surface area contributed by atoms with Gasteiger partial charge in [-0.2, -0.15) is 5.10 Å². The van der Waals surface area contributed by atoms with E-state index in [0.717, 1.165) is 23.6 Å². The van der Waals surface area contributed by atoms with Crippen molar-refractivity contribution in [3.05, 3.63) is 24.2 Å². The number of sulfone groups is 1. The highest BCUT2D eigenvalue weighted by Gasteiger charge is 2.24. The van der Waals surface area contributed by atoms with Gasteiger partial charge in [0.15, 0.2) is 11.5 Å². The molecule has 0 bridgehead atoms. The third-order valence-electron chi connectivity index (χ3n) is 3.73. The van der Waals surface area contributed by atoms with Crippen LogP contribution in [-0.4, -0.2) is 41.6 Å². The maximum Gasteiger partial charge on any atom is 0.159 e. The third kappa shape index (κ3) is 2.77. The fraction of sp³-hybridized carbons (Fsp3) is 0.538. The Balaban J connectivity index is 1.75. The fourth-order valence-corrected chi connectivity index (χ4v) is 4.11.